The lowest BCUT2D eigenvalue weighted by molar-refractivity contribution is -0.146. The molecule has 0 unspecified atom stereocenters. The maximum Gasteiger partial charge on any atom is 0.310 e. The third-order valence-electron chi connectivity index (χ3n) is 4.03. The molecule has 0 heterocycles. The van der Waals surface area contributed by atoms with Crippen LogP contribution in [-0.2, 0) is 20.7 Å². The van der Waals surface area contributed by atoms with Gasteiger partial charge in [0, 0.05) is 21.8 Å². The van der Waals surface area contributed by atoms with E-state index in [0.29, 0.717) is 5.69 Å². The van der Waals surface area contributed by atoms with Gasteiger partial charge in [-0.05, 0) is 23.8 Å². The molecule has 0 radical (unpaired) electrons. The van der Waals surface area contributed by atoms with Crippen molar-refractivity contribution in [2.75, 3.05) is 11.9 Å². The van der Waals surface area contributed by atoms with Gasteiger partial charge in [-0.25, -0.2) is 4.39 Å². The molecule has 3 rings (SSSR count). The Bertz CT molecular complexity index is 972. The fraction of sp³-hybridized carbons (Fsp3) is 0.0909. The van der Waals surface area contributed by atoms with Crippen LogP contribution in [0.2, 0.25) is 5.02 Å². The summed E-state index contributed by atoms with van der Waals surface area (Å²) in [6.45, 7) is -0.478. The molecule has 6 heteroatoms. The first-order valence-electron chi connectivity index (χ1n) is 8.57. The quantitative estimate of drug-likeness (QED) is 0.604. The topological polar surface area (TPSA) is 55.4 Å². The van der Waals surface area contributed by atoms with Gasteiger partial charge >= 0.3 is 5.97 Å². The van der Waals surface area contributed by atoms with Crippen LogP contribution >= 0.6 is 11.6 Å². The second-order valence-corrected chi connectivity index (χ2v) is 6.40. The molecule has 0 aliphatic carbocycles. The summed E-state index contributed by atoms with van der Waals surface area (Å²) in [6, 6.07) is 21.1. The van der Waals surface area contributed by atoms with Crippen LogP contribution in [0.1, 0.15) is 5.56 Å². The monoisotopic (exact) mass is 397 g/mol. The molecule has 0 aliphatic rings. The van der Waals surface area contributed by atoms with Crippen LogP contribution in [0.4, 0.5) is 10.1 Å². The Labute approximate surface area is 166 Å². The SMILES string of the molecule is O=C(COC(=O)Cc1c(F)cccc1Cl)Nc1ccccc1-c1ccccc1. The smallest absolute Gasteiger partial charge is 0.310 e. The standard InChI is InChI=1S/C22H17ClFNO3/c23-18-10-6-11-19(24)17(18)13-22(27)28-14-21(26)25-20-12-5-4-9-16(20)15-7-2-1-3-8-15/h1-12H,13-14H2,(H,25,26). The van der Waals surface area contributed by atoms with Gasteiger partial charge < -0.3 is 10.1 Å². The van der Waals surface area contributed by atoms with E-state index in [9.17, 15) is 14.0 Å². The summed E-state index contributed by atoms with van der Waals surface area (Å²) in [5, 5.41) is 2.87. The molecular formula is C22H17ClFNO3. The third kappa shape index (κ3) is 4.96. The lowest BCUT2D eigenvalue weighted by Gasteiger charge is -2.12. The highest BCUT2D eigenvalue weighted by Gasteiger charge is 2.15. The van der Waals surface area contributed by atoms with Crippen molar-refractivity contribution in [1.82, 2.24) is 0 Å². The molecule has 142 valence electrons. The van der Waals surface area contributed by atoms with Crippen molar-refractivity contribution in [2.45, 2.75) is 6.42 Å². The summed E-state index contributed by atoms with van der Waals surface area (Å²) in [4.78, 5) is 24.1. The Balaban J connectivity index is 1.60. The van der Waals surface area contributed by atoms with Crippen LogP contribution in [0.15, 0.2) is 72.8 Å². The number of carbonyl (C=O) groups excluding carboxylic acids is 2. The van der Waals surface area contributed by atoms with Gasteiger partial charge in [0.2, 0.25) is 0 Å². The van der Waals surface area contributed by atoms with Crippen molar-refractivity contribution in [1.29, 1.82) is 0 Å². The number of halogens is 2. The average molecular weight is 398 g/mol. The van der Waals surface area contributed by atoms with E-state index in [0.717, 1.165) is 11.1 Å². The van der Waals surface area contributed by atoms with E-state index in [2.05, 4.69) is 5.32 Å². The second-order valence-electron chi connectivity index (χ2n) is 6.00. The predicted octanol–water partition coefficient (Wildman–Crippen LogP) is 4.87. The summed E-state index contributed by atoms with van der Waals surface area (Å²) in [6.07, 6.45) is -0.348. The summed E-state index contributed by atoms with van der Waals surface area (Å²) in [5.41, 5.74) is 2.45. The van der Waals surface area contributed by atoms with Gasteiger partial charge in [-0.2, -0.15) is 0 Å². The van der Waals surface area contributed by atoms with Crippen molar-refractivity contribution in [3.63, 3.8) is 0 Å². The zero-order valence-electron chi connectivity index (χ0n) is 14.8. The molecule has 0 saturated carbocycles. The highest BCUT2D eigenvalue weighted by atomic mass is 35.5. The van der Waals surface area contributed by atoms with Gasteiger partial charge in [0.05, 0.1) is 6.42 Å². The summed E-state index contributed by atoms with van der Waals surface area (Å²) >= 11 is 5.89. The highest BCUT2D eigenvalue weighted by Crippen LogP contribution is 2.27. The summed E-state index contributed by atoms with van der Waals surface area (Å²) in [7, 11) is 0. The summed E-state index contributed by atoms with van der Waals surface area (Å²) in [5.74, 6) is -1.82. The molecule has 0 aromatic heterocycles. The molecule has 4 nitrogen and oxygen atoms in total. The Morgan fingerprint density at radius 3 is 2.39 bits per heavy atom. The Morgan fingerprint density at radius 1 is 0.929 bits per heavy atom. The van der Waals surface area contributed by atoms with Crippen molar-refractivity contribution >= 4 is 29.2 Å². The van der Waals surface area contributed by atoms with Crippen LogP contribution in [0, 0.1) is 5.82 Å². The first-order valence-corrected chi connectivity index (χ1v) is 8.95. The van der Waals surface area contributed by atoms with Gasteiger partial charge in [-0.1, -0.05) is 66.2 Å². The van der Waals surface area contributed by atoms with E-state index < -0.39 is 24.3 Å². The molecule has 0 atom stereocenters. The number of para-hydroxylation sites is 1. The Hall–Kier alpha value is -3.18. The molecule has 0 bridgehead atoms. The van der Waals surface area contributed by atoms with Crippen LogP contribution in [0.25, 0.3) is 11.1 Å². The van der Waals surface area contributed by atoms with Gasteiger partial charge in [0.25, 0.3) is 5.91 Å². The van der Waals surface area contributed by atoms with Crippen LogP contribution in [0.5, 0.6) is 0 Å². The molecule has 3 aromatic carbocycles. The normalized spacial score (nSPS) is 10.4. The number of nitrogens with one attached hydrogen (secondary N) is 1. The van der Waals surface area contributed by atoms with Crippen LogP contribution in [0.3, 0.4) is 0 Å². The number of anilines is 1. The molecule has 1 amide bonds. The number of carbonyl (C=O) groups is 2. The number of amides is 1. The van der Waals surface area contributed by atoms with Gasteiger partial charge in [-0.3, -0.25) is 9.59 Å². The fourth-order valence-corrected chi connectivity index (χ4v) is 2.92. The zero-order chi connectivity index (χ0) is 19.9. The molecular weight excluding hydrogens is 381 g/mol. The molecule has 0 spiro atoms. The molecule has 0 fully saturated rings. The van der Waals surface area contributed by atoms with Crippen molar-refractivity contribution in [3.05, 3.63) is 89.2 Å². The number of rotatable bonds is 6. The second kappa shape index (κ2) is 9.15. The van der Waals surface area contributed by atoms with E-state index in [1.165, 1.54) is 18.2 Å². The first-order chi connectivity index (χ1) is 13.5. The average Bonchev–Trinajstić information content (AvgIpc) is 2.70. The number of benzene rings is 3. The van der Waals surface area contributed by atoms with Gasteiger partial charge in [-0.15, -0.1) is 0 Å². The van der Waals surface area contributed by atoms with E-state index >= 15 is 0 Å². The largest absolute Gasteiger partial charge is 0.455 e. The number of hydrogen-bond acceptors (Lipinski definition) is 3. The van der Waals surface area contributed by atoms with E-state index in [1.54, 1.807) is 12.1 Å². The minimum absolute atomic E-state index is 0.0454. The Kier molecular flexibility index (Phi) is 6.40. The van der Waals surface area contributed by atoms with E-state index in [4.69, 9.17) is 16.3 Å². The number of hydrogen-bond donors (Lipinski definition) is 1. The molecule has 0 aliphatic heterocycles. The summed E-state index contributed by atoms with van der Waals surface area (Å²) < 4.78 is 18.7. The fourth-order valence-electron chi connectivity index (χ4n) is 2.69. The molecule has 1 N–H and O–H groups in total. The van der Waals surface area contributed by atoms with Gasteiger partial charge in [0.1, 0.15) is 5.82 Å². The number of esters is 1. The minimum Gasteiger partial charge on any atom is -0.455 e. The highest BCUT2D eigenvalue weighted by molar-refractivity contribution is 6.31. The zero-order valence-corrected chi connectivity index (χ0v) is 15.6. The molecule has 3 aromatic rings. The van der Waals surface area contributed by atoms with Crippen molar-refractivity contribution in [3.8, 4) is 11.1 Å². The lowest BCUT2D eigenvalue weighted by atomic mass is 10.0. The predicted molar refractivity (Wildman–Crippen MR) is 107 cm³/mol. The van der Waals surface area contributed by atoms with E-state index in [-0.39, 0.29) is 17.0 Å². The maximum atomic E-state index is 13.7. The number of ether oxygens (including phenoxy) is 1. The Morgan fingerprint density at radius 2 is 1.64 bits per heavy atom. The lowest BCUT2D eigenvalue weighted by Crippen LogP contribution is -2.22. The third-order valence-corrected chi connectivity index (χ3v) is 4.39. The van der Waals surface area contributed by atoms with Crippen LogP contribution < -0.4 is 5.32 Å². The molecule has 0 saturated heterocycles. The van der Waals surface area contributed by atoms with Gasteiger partial charge in [0.15, 0.2) is 6.61 Å². The van der Waals surface area contributed by atoms with E-state index in [1.807, 2.05) is 42.5 Å². The van der Waals surface area contributed by atoms with Crippen molar-refractivity contribution < 1.29 is 18.7 Å². The minimum atomic E-state index is -0.738. The van der Waals surface area contributed by atoms with Crippen LogP contribution in [-0.4, -0.2) is 18.5 Å². The first kappa shape index (κ1) is 19.6. The van der Waals surface area contributed by atoms with Crippen molar-refractivity contribution in [2.24, 2.45) is 0 Å². The molecule has 28 heavy (non-hydrogen) atoms. The maximum absolute atomic E-state index is 13.7.